The van der Waals surface area contributed by atoms with E-state index in [4.69, 9.17) is 4.74 Å². The Balaban J connectivity index is 0. The second-order valence-corrected chi connectivity index (χ2v) is 3.64. The number of fused-ring (bicyclic) bond motifs is 3. The van der Waals surface area contributed by atoms with Gasteiger partial charge in [-0.25, -0.2) is 0 Å². The number of halogens is 3. The van der Waals surface area contributed by atoms with Gasteiger partial charge >= 0.3 is 17.4 Å². The number of nitrogens with zero attached hydrogens (tertiary/aromatic N) is 1. The maximum atomic E-state index is 12.0. The molecule has 0 amide bonds. The molecule has 3 nitrogen and oxygen atoms in total. The number of methoxy groups -OCH3 is 1. The molecule has 20 heavy (non-hydrogen) atoms. The van der Waals surface area contributed by atoms with Gasteiger partial charge in [-0.1, -0.05) is 6.07 Å². The molecular weight excluding hydrogens is 335 g/mol. The number of pyridine rings is 1. The van der Waals surface area contributed by atoms with Crippen LogP contribution in [0, 0.1) is 0 Å². The van der Waals surface area contributed by atoms with Crippen LogP contribution in [0.25, 0.3) is 11.1 Å². The fourth-order valence-corrected chi connectivity index (χ4v) is 2.00. The molecule has 1 aliphatic rings. The number of carbonyl (C=O) groups excluding carboxylic acids is 1. The standard InChI is InChI=1S/C13H9NO2.Al.3ClH/c1-16-8-4-5-10-11(7-8)9-3-2-6-14-12(9)13(10)15;;;;/h2-7H,1H3;;3*1H/q;+3;;;/p-3. The van der Waals surface area contributed by atoms with Crippen LogP contribution in [0.3, 0.4) is 0 Å². The van der Waals surface area contributed by atoms with Gasteiger partial charge in [0.05, 0.1) is 7.11 Å². The fraction of sp³-hybridized carbons (Fsp3) is 0.0769. The zero-order chi connectivity index (χ0) is 11.1. The van der Waals surface area contributed by atoms with E-state index >= 15 is 0 Å². The summed E-state index contributed by atoms with van der Waals surface area (Å²) in [5.74, 6) is 0.747. The van der Waals surface area contributed by atoms with Gasteiger partial charge in [-0.2, -0.15) is 0 Å². The van der Waals surface area contributed by atoms with Gasteiger partial charge in [0.1, 0.15) is 11.4 Å². The minimum atomic E-state index is -0.00625. The van der Waals surface area contributed by atoms with E-state index in [1.54, 1.807) is 25.4 Å². The van der Waals surface area contributed by atoms with E-state index in [9.17, 15) is 4.79 Å². The number of hydrogen-bond donors (Lipinski definition) is 0. The van der Waals surface area contributed by atoms with Gasteiger partial charge < -0.3 is 42.0 Å². The molecule has 0 N–H and O–H groups in total. The van der Waals surface area contributed by atoms with Crippen molar-refractivity contribution in [2.45, 2.75) is 0 Å². The average Bonchev–Trinajstić information content (AvgIpc) is 2.64. The maximum Gasteiger partial charge on any atom is 3.00 e. The zero-order valence-electron chi connectivity index (χ0n) is 10.4. The molecule has 0 unspecified atom stereocenters. The quantitative estimate of drug-likeness (QED) is 0.412. The third-order valence-corrected chi connectivity index (χ3v) is 2.78. The van der Waals surface area contributed by atoms with Crippen LogP contribution in [-0.4, -0.2) is 35.2 Å². The molecule has 1 aliphatic carbocycles. The second kappa shape index (κ2) is 8.51. The summed E-state index contributed by atoms with van der Waals surface area (Å²) in [5, 5.41) is 0. The topological polar surface area (TPSA) is 39.2 Å². The Kier molecular flexibility index (Phi) is 9.17. The van der Waals surface area contributed by atoms with Gasteiger partial charge in [0.25, 0.3) is 0 Å². The number of hydrogen-bond acceptors (Lipinski definition) is 3. The summed E-state index contributed by atoms with van der Waals surface area (Å²) in [6, 6.07) is 9.20. The van der Waals surface area contributed by atoms with Crippen molar-refractivity contribution in [3.8, 4) is 16.9 Å². The van der Waals surface area contributed by atoms with Crippen LogP contribution in [0.15, 0.2) is 36.5 Å². The third-order valence-electron chi connectivity index (χ3n) is 2.78. The molecule has 3 rings (SSSR count). The van der Waals surface area contributed by atoms with Crippen molar-refractivity contribution >= 4 is 23.1 Å². The van der Waals surface area contributed by atoms with Crippen molar-refractivity contribution in [2.75, 3.05) is 7.11 Å². The zero-order valence-corrected chi connectivity index (χ0v) is 13.9. The van der Waals surface area contributed by atoms with Crippen LogP contribution in [-0.2, 0) is 0 Å². The molecule has 1 heterocycles. The second-order valence-electron chi connectivity index (χ2n) is 3.64. The number of ketones is 1. The van der Waals surface area contributed by atoms with Crippen molar-refractivity contribution < 1.29 is 46.8 Å². The summed E-state index contributed by atoms with van der Waals surface area (Å²) in [7, 11) is 1.61. The van der Waals surface area contributed by atoms with Crippen LogP contribution in [0.1, 0.15) is 16.1 Å². The van der Waals surface area contributed by atoms with Crippen LogP contribution in [0.2, 0.25) is 0 Å². The van der Waals surface area contributed by atoms with Crippen molar-refractivity contribution in [1.82, 2.24) is 4.98 Å². The Morgan fingerprint density at radius 2 is 1.70 bits per heavy atom. The van der Waals surface area contributed by atoms with Crippen LogP contribution < -0.4 is 42.0 Å². The van der Waals surface area contributed by atoms with Crippen molar-refractivity contribution in [3.63, 3.8) is 0 Å². The fourth-order valence-electron chi connectivity index (χ4n) is 2.00. The Morgan fingerprint density at radius 3 is 2.35 bits per heavy atom. The van der Waals surface area contributed by atoms with E-state index < -0.39 is 0 Å². The monoisotopic (exact) mass is 343 g/mol. The molecule has 0 radical (unpaired) electrons. The number of carbonyl (C=O) groups is 1. The molecule has 0 spiro atoms. The number of rotatable bonds is 1. The van der Waals surface area contributed by atoms with Crippen LogP contribution >= 0.6 is 0 Å². The molecular formula is C13H9AlCl3NO2. The van der Waals surface area contributed by atoms with Gasteiger partial charge in [-0.3, -0.25) is 9.78 Å². The molecule has 7 heteroatoms. The van der Waals surface area contributed by atoms with E-state index in [-0.39, 0.29) is 60.4 Å². The molecule has 0 aliphatic heterocycles. The summed E-state index contributed by atoms with van der Waals surface area (Å²) >= 11 is 0. The minimum Gasteiger partial charge on any atom is -1.00 e. The van der Waals surface area contributed by atoms with E-state index in [0.29, 0.717) is 11.3 Å². The van der Waals surface area contributed by atoms with Gasteiger partial charge in [0.15, 0.2) is 0 Å². The van der Waals surface area contributed by atoms with E-state index in [2.05, 4.69) is 4.98 Å². The predicted octanol–water partition coefficient (Wildman–Crippen LogP) is -7.07. The molecule has 102 valence electrons. The molecule has 0 fully saturated rings. The molecule has 0 saturated carbocycles. The molecule has 0 bridgehead atoms. The number of aromatic nitrogens is 1. The van der Waals surface area contributed by atoms with Gasteiger partial charge in [-0.15, -0.1) is 0 Å². The average molecular weight is 345 g/mol. The summed E-state index contributed by atoms with van der Waals surface area (Å²) in [4.78, 5) is 16.1. The molecule has 0 atom stereocenters. The third kappa shape index (κ3) is 3.28. The van der Waals surface area contributed by atoms with Gasteiger partial charge in [0.2, 0.25) is 5.78 Å². The normalized spacial score (nSPS) is 9.75. The SMILES string of the molecule is COc1ccc2c(c1)-c1cccnc1C2=O.[Al+3].[Cl-].[Cl-].[Cl-]. The first-order valence-electron chi connectivity index (χ1n) is 4.99. The summed E-state index contributed by atoms with van der Waals surface area (Å²) in [5.41, 5.74) is 3.04. The minimum absolute atomic E-state index is 0. The summed E-state index contributed by atoms with van der Waals surface area (Å²) in [6.07, 6.45) is 1.64. The first kappa shape index (κ1) is 21.5. The first-order valence-corrected chi connectivity index (χ1v) is 4.99. The van der Waals surface area contributed by atoms with E-state index in [0.717, 1.165) is 16.9 Å². The summed E-state index contributed by atoms with van der Waals surface area (Å²) in [6.45, 7) is 0. The summed E-state index contributed by atoms with van der Waals surface area (Å²) < 4.78 is 5.16. The number of ether oxygens (including phenoxy) is 1. The maximum absolute atomic E-state index is 12.0. The Labute approximate surface area is 146 Å². The van der Waals surface area contributed by atoms with Crippen molar-refractivity contribution in [3.05, 3.63) is 47.8 Å². The van der Waals surface area contributed by atoms with Crippen LogP contribution in [0.4, 0.5) is 0 Å². The van der Waals surface area contributed by atoms with E-state index in [1.165, 1.54) is 0 Å². The van der Waals surface area contributed by atoms with Gasteiger partial charge in [-0.05, 0) is 29.8 Å². The van der Waals surface area contributed by atoms with Crippen molar-refractivity contribution in [1.29, 1.82) is 0 Å². The Bertz CT molecular complexity index is 608. The largest absolute Gasteiger partial charge is 3.00 e. The van der Waals surface area contributed by atoms with Crippen molar-refractivity contribution in [2.24, 2.45) is 0 Å². The Hall–Kier alpha value is -0.758. The molecule has 2 aromatic rings. The smallest absolute Gasteiger partial charge is 1.00 e. The predicted molar refractivity (Wildman–Crippen MR) is 65.4 cm³/mol. The van der Waals surface area contributed by atoms with Crippen LogP contribution in [0.5, 0.6) is 5.75 Å². The number of benzene rings is 1. The van der Waals surface area contributed by atoms with E-state index in [1.807, 2.05) is 18.2 Å². The Morgan fingerprint density at radius 1 is 1.00 bits per heavy atom. The molecule has 1 aromatic carbocycles. The first-order chi connectivity index (χ1) is 7.81. The molecule has 0 saturated heterocycles. The van der Waals surface area contributed by atoms with Gasteiger partial charge in [0, 0.05) is 17.3 Å². The molecule has 1 aromatic heterocycles.